The summed E-state index contributed by atoms with van der Waals surface area (Å²) in [6.07, 6.45) is 7.47. The number of hydrogen-bond acceptors (Lipinski definition) is 4. The van der Waals surface area contributed by atoms with Crippen LogP contribution >= 0.6 is 0 Å². The van der Waals surface area contributed by atoms with Crippen LogP contribution in [0.15, 0.2) is 60.9 Å². The Bertz CT molecular complexity index is 1340. The van der Waals surface area contributed by atoms with Crippen LogP contribution in [0.5, 0.6) is 0 Å². The molecule has 1 fully saturated rings. The van der Waals surface area contributed by atoms with Gasteiger partial charge in [-0.2, -0.15) is 0 Å². The molecule has 1 amide bonds. The maximum atomic E-state index is 12.7. The van der Waals surface area contributed by atoms with Crippen molar-refractivity contribution in [2.45, 2.75) is 59.0 Å². The number of likely N-dealkylation sites (tertiary alicyclic amines) is 1. The average Bonchev–Trinajstić information content (AvgIpc) is 3.70. The van der Waals surface area contributed by atoms with E-state index in [1.165, 1.54) is 5.56 Å². The zero-order valence-electron chi connectivity index (χ0n) is 22.6. The van der Waals surface area contributed by atoms with Crippen molar-refractivity contribution in [1.29, 1.82) is 0 Å². The summed E-state index contributed by atoms with van der Waals surface area (Å²) in [6, 6.07) is 17.2. The van der Waals surface area contributed by atoms with Gasteiger partial charge in [0.2, 0.25) is 5.91 Å². The van der Waals surface area contributed by atoms with E-state index in [0.29, 0.717) is 12.3 Å². The molecule has 3 N–H and O–H groups in total. The Morgan fingerprint density at radius 2 is 1.55 bits per heavy atom. The fourth-order valence-electron chi connectivity index (χ4n) is 5.14. The van der Waals surface area contributed by atoms with Crippen LogP contribution in [0, 0.1) is 5.92 Å². The Kier molecular flexibility index (Phi) is 8.03. The number of benzene rings is 2. The van der Waals surface area contributed by atoms with Gasteiger partial charge in [0, 0.05) is 13.0 Å². The number of hydrogen-bond donors (Lipinski definition) is 3. The Labute approximate surface area is 225 Å². The van der Waals surface area contributed by atoms with Gasteiger partial charge in [-0.1, -0.05) is 69.3 Å². The lowest BCUT2D eigenvalue weighted by Crippen LogP contribution is -2.31. The van der Waals surface area contributed by atoms with Crippen LogP contribution in [-0.4, -0.2) is 43.8 Å². The summed E-state index contributed by atoms with van der Waals surface area (Å²) in [7, 11) is 0. The van der Waals surface area contributed by atoms with E-state index in [1.807, 2.05) is 17.3 Å². The highest BCUT2D eigenvalue weighted by molar-refractivity contribution is 5.77. The largest absolute Gasteiger partial charge is 0.341 e. The van der Waals surface area contributed by atoms with Crippen LogP contribution in [0.1, 0.15) is 64.1 Å². The third-order valence-electron chi connectivity index (χ3n) is 7.14. The first-order valence-electron chi connectivity index (χ1n) is 13.8. The van der Waals surface area contributed by atoms with Crippen LogP contribution in [0.2, 0.25) is 0 Å². The van der Waals surface area contributed by atoms with Gasteiger partial charge < -0.3 is 20.2 Å². The summed E-state index contributed by atoms with van der Waals surface area (Å²) in [5.74, 6) is 2.44. The maximum absolute atomic E-state index is 12.7. The molecule has 7 nitrogen and oxygen atoms in total. The fourth-order valence-corrected chi connectivity index (χ4v) is 5.14. The van der Waals surface area contributed by atoms with Gasteiger partial charge in [0.05, 0.1) is 36.4 Å². The zero-order valence-corrected chi connectivity index (χ0v) is 22.6. The molecule has 0 spiro atoms. The van der Waals surface area contributed by atoms with Gasteiger partial charge in [-0.05, 0) is 54.0 Å². The van der Waals surface area contributed by atoms with E-state index in [-0.39, 0.29) is 11.9 Å². The highest BCUT2D eigenvalue weighted by atomic mass is 16.2. The van der Waals surface area contributed by atoms with Gasteiger partial charge >= 0.3 is 0 Å². The minimum Gasteiger partial charge on any atom is -0.341 e. The number of nitrogens with one attached hydrogen (secondary N) is 3. The minimum atomic E-state index is 0.0475. The van der Waals surface area contributed by atoms with Crippen LogP contribution in [0.25, 0.3) is 33.6 Å². The highest BCUT2D eigenvalue weighted by Gasteiger charge is 2.32. The zero-order chi connectivity index (χ0) is 26.5. The summed E-state index contributed by atoms with van der Waals surface area (Å²) in [5, 5.41) is 3.38. The first-order valence-corrected chi connectivity index (χ1v) is 13.8. The van der Waals surface area contributed by atoms with E-state index < -0.39 is 0 Å². The Hall–Kier alpha value is -3.71. The van der Waals surface area contributed by atoms with Crippen molar-refractivity contribution in [1.82, 2.24) is 30.2 Å². The SMILES string of the molecule is CCCNCc1ncc(-c2ccc(-c3ccc(-c4cnc([C@@H]5CCCN5C(=O)CC(C)C)[nH]4)cc3)cc2)[nH]1. The van der Waals surface area contributed by atoms with E-state index in [2.05, 4.69) is 94.6 Å². The van der Waals surface area contributed by atoms with Crippen molar-refractivity contribution < 1.29 is 4.79 Å². The van der Waals surface area contributed by atoms with Gasteiger partial charge in [-0.3, -0.25) is 4.79 Å². The van der Waals surface area contributed by atoms with E-state index in [1.54, 1.807) is 0 Å². The quantitative estimate of drug-likeness (QED) is 0.217. The normalized spacial score (nSPS) is 15.5. The molecule has 2 aromatic heterocycles. The molecule has 0 saturated carbocycles. The van der Waals surface area contributed by atoms with Gasteiger partial charge in [0.15, 0.2) is 0 Å². The molecule has 198 valence electrons. The van der Waals surface area contributed by atoms with E-state index in [0.717, 1.165) is 78.6 Å². The number of imidazole rings is 2. The predicted molar refractivity (Wildman–Crippen MR) is 152 cm³/mol. The van der Waals surface area contributed by atoms with Crippen molar-refractivity contribution in [3.8, 4) is 33.6 Å². The second-order valence-electron chi connectivity index (χ2n) is 10.6. The topological polar surface area (TPSA) is 89.7 Å². The molecule has 0 unspecified atom stereocenters. The molecule has 0 aliphatic carbocycles. The van der Waals surface area contributed by atoms with Crippen LogP contribution < -0.4 is 5.32 Å². The average molecular weight is 511 g/mol. The molecule has 5 rings (SSSR count). The Morgan fingerprint density at radius 1 is 0.947 bits per heavy atom. The summed E-state index contributed by atoms with van der Waals surface area (Å²) in [6.45, 7) is 8.90. The van der Waals surface area contributed by atoms with Gasteiger partial charge in [-0.25, -0.2) is 9.97 Å². The van der Waals surface area contributed by atoms with E-state index >= 15 is 0 Å². The van der Waals surface area contributed by atoms with Crippen LogP contribution in [0.3, 0.4) is 0 Å². The number of carbonyl (C=O) groups is 1. The molecular formula is C31H38N6O. The van der Waals surface area contributed by atoms with Crippen LogP contribution in [0.4, 0.5) is 0 Å². The lowest BCUT2D eigenvalue weighted by molar-refractivity contribution is -0.133. The molecule has 1 aliphatic heterocycles. The summed E-state index contributed by atoms with van der Waals surface area (Å²) in [4.78, 5) is 30.8. The van der Waals surface area contributed by atoms with Crippen molar-refractivity contribution in [2.24, 2.45) is 5.92 Å². The molecular weight excluding hydrogens is 472 g/mol. The van der Waals surface area contributed by atoms with Crippen molar-refractivity contribution in [2.75, 3.05) is 13.1 Å². The number of rotatable bonds is 10. The standard InChI is InChI=1S/C31H38N6O/c1-4-15-32-20-29-33-18-26(35-29)24-11-7-22(8-12-24)23-9-13-25(14-10-23)27-19-34-31(36-27)28-6-5-16-37(28)30(38)17-21(2)3/h7-14,18-19,21,28,32H,4-6,15-17,20H2,1-3H3,(H,33,35)(H,34,36)/t28-/m0/s1. The summed E-state index contributed by atoms with van der Waals surface area (Å²) < 4.78 is 0. The van der Waals surface area contributed by atoms with Crippen LogP contribution in [-0.2, 0) is 11.3 Å². The number of aromatic amines is 2. The Balaban J connectivity index is 1.25. The minimum absolute atomic E-state index is 0.0475. The molecule has 0 radical (unpaired) electrons. The lowest BCUT2D eigenvalue weighted by Gasteiger charge is -2.24. The molecule has 0 bridgehead atoms. The molecule has 3 heterocycles. The summed E-state index contributed by atoms with van der Waals surface area (Å²) >= 11 is 0. The third kappa shape index (κ3) is 5.89. The third-order valence-corrected chi connectivity index (χ3v) is 7.14. The highest BCUT2D eigenvalue weighted by Crippen LogP contribution is 2.33. The monoisotopic (exact) mass is 510 g/mol. The summed E-state index contributed by atoms with van der Waals surface area (Å²) in [5.41, 5.74) is 6.55. The second kappa shape index (κ2) is 11.8. The first kappa shape index (κ1) is 25.9. The predicted octanol–water partition coefficient (Wildman–Crippen LogP) is 6.34. The smallest absolute Gasteiger partial charge is 0.223 e. The Morgan fingerprint density at radius 3 is 2.18 bits per heavy atom. The van der Waals surface area contributed by atoms with E-state index in [9.17, 15) is 4.79 Å². The molecule has 2 aromatic carbocycles. The molecule has 7 heteroatoms. The maximum Gasteiger partial charge on any atom is 0.223 e. The number of carbonyl (C=O) groups excluding carboxylic acids is 1. The van der Waals surface area contributed by atoms with Crippen molar-refractivity contribution >= 4 is 5.91 Å². The molecule has 38 heavy (non-hydrogen) atoms. The van der Waals surface area contributed by atoms with Gasteiger partial charge in [0.25, 0.3) is 0 Å². The molecule has 1 saturated heterocycles. The fraction of sp³-hybridized carbons (Fsp3) is 0.387. The van der Waals surface area contributed by atoms with Crippen molar-refractivity contribution in [3.63, 3.8) is 0 Å². The van der Waals surface area contributed by atoms with E-state index in [4.69, 9.17) is 0 Å². The van der Waals surface area contributed by atoms with Gasteiger partial charge in [-0.15, -0.1) is 0 Å². The number of amides is 1. The lowest BCUT2D eigenvalue weighted by atomic mass is 10.0. The molecule has 1 aliphatic rings. The van der Waals surface area contributed by atoms with Crippen molar-refractivity contribution in [3.05, 3.63) is 72.6 Å². The number of aromatic nitrogens is 4. The number of H-pyrrole nitrogens is 2. The number of nitrogens with zero attached hydrogens (tertiary/aromatic N) is 3. The molecule has 4 aromatic rings. The molecule has 1 atom stereocenters. The second-order valence-corrected chi connectivity index (χ2v) is 10.6. The van der Waals surface area contributed by atoms with Gasteiger partial charge in [0.1, 0.15) is 11.6 Å². The first-order chi connectivity index (χ1) is 18.5.